The zero-order chi connectivity index (χ0) is 21.1. The van der Waals surface area contributed by atoms with E-state index in [4.69, 9.17) is 16.3 Å². The standard InChI is InChI=1S/C24H30ClN3O2/c1-17-8-9-20(12-22(17)25)26-10-5-11-27-13-18-15-28(16-19(18)14-27)24(29)21-6-3-4-7-23(21)30-2/h3-4,6-9,12,18-19,26H,5,10-11,13-16H2,1-2H3. The molecule has 1 N–H and O–H groups in total. The maximum absolute atomic E-state index is 12.9. The number of nitrogens with one attached hydrogen (secondary N) is 1. The quantitative estimate of drug-likeness (QED) is 0.674. The lowest BCUT2D eigenvalue weighted by Gasteiger charge is -2.22. The van der Waals surface area contributed by atoms with Crippen LogP contribution in [0.1, 0.15) is 22.3 Å². The smallest absolute Gasteiger partial charge is 0.257 e. The second-order valence-electron chi connectivity index (χ2n) is 8.43. The van der Waals surface area contributed by atoms with Gasteiger partial charge in [0.05, 0.1) is 12.7 Å². The van der Waals surface area contributed by atoms with E-state index in [-0.39, 0.29) is 5.91 Å². The number of carbonyl (C=O) groups is 1. The van der Waals surface area contributed by atoms with Crippen molar-refractivity contribution in [2.45, 2.75) is 13.3 Å². The molecule has 2 heterocycles. The predicted molar refractivity (Wildman–Crippen MR) is 122 cm³/mol. The molecule has 1 amide bonds. The van der Waals surface area contributed by atoms with E-state index in [1.165, 1.54) is 0 Å². The summed E-state index contributed by atoms with van der Waals surface area (Å²) in [6.45, 7) is 7.88. The molecule has 2 aromatic carbocycles. The van der Waals surface area contributed by atoms with E-state index in [1.54, 1.807) is 7.11 Å². The van der Waals surface area contributed by atoms with Gasteiger partial charge in [-0.2, -0.15) is 0 Å². The van der Waals surface area contributed by atoms with Crippen molar-refractivity contribution < 1.29 is 9.53 Å². The summed E-state index contributed by atoms with van der Waals surface area (Å²) >= 11 is 6.19. The fourth-order valence-corrected chi connectivity index (χ4v) is 4.85. The maximum atomic E-state index is 12.9. The molecule has 2 saturated heterocycles. The SMILES string of the molecule is COc1ccccc1C(=O)N1CC2CN(CCCNc3ccc(C)c(Cl)c3)CC2C1. The number of hydrogen-bond donors (Lipinski definition) is 1. The molecule has 5 nitrogen and oxygen atoms in total. The van der Waals surface area contributed by atoms with Crippen molar-refractivity contribution in [3.63, 3.8) is 0 Å². The topological polar surface area (TPSA) is 44.8 Å². The first-order valence-corrected chi connectivity index (χ1v) is 11.1. The monoisotopic (exact) mass is 427 g/mol. The molecule has 2 aliphatic rings. The van der Waals surface area contributed by atoms with Gasteiger partial charge in [-0.15, -0.1) is 0 Å². The van der Waals surface area contributed by atoms with Crippen LogP contribution in [0.5, 0.6) is 5.75 Å². The van der Waals surface area contributed by atoms with Gasteiger partial charge in [0, 0.05) is 43.4 Å². The van der Waals surface area contributed by atoms with Crippen LogP contribution < -0.4 is 10.1 Å². The van der Waals surface area contributed by atoms with E-state index in [0.29, 0.717) is 23.1 Å². The number of aryl methyl sites for hydroxylation is 1. The van der Waals surface area contributed by atoms with Crippen LogP contribution in [0.2, 0.25) is 5.02 Å². The summed E-state index contributed by atoms with van der Waals surface area (Å²) in [5.74, 6) is 1.90. The zero-order valence-electron chi connectivity index (χ0n) is 17.7. The van der Waals surface area contributed by atoms with Gasteiger partial charge in [-0.1, -0.05) is 29.8 Å². The highest BCUT2D eigenvalue weighted by atomic mass is 35.5. The van der Waals surface area contributed by atoms with Gasteiger partial charge < -0.3 is 19.9 Å². The van der Waals surface area contributed by atoms with E-state index in [0.717, 1.165) is 62.0 Å². The van der Waals surface area contributed by atoms with E-state index in [1.807, 2.05) is 48.2 Å². The Morgan fingerprint density at radius 3 is 2.57 bits per heavy atom. The summed E-state index contributed by atoms with van der Waals surface area (Å²) in [5, 5.41) is 4.27. The van der Waals surface area contributed by atoms with Gasteiger partial charge in [-0.05, 0) is 61.6 Å². The normalized spacial score (nSPS) is 21.0. The lowest BCUT2D eigenvalue weighted by atomic mass is 10.0. The van der Waals surface area contributed by atoms with Gasteiger partial charge >= 0.3 is 0 Å². The minimum Gasteiger partial charge on any atom is -0.496 e. The number of halogens is 1. The summed E-state index contributed by atoms with van der Waals surface area (Å²) in [4.78, 5) is 17.5. The molecule has 0 aromatic heterocycles. The fourth-order valence-electron chi connectivity index (χ4n) is 4.67. The number of amides is 1. The summed E-state index contributed by atoms with van der Waals surface area (Å²) in [6, 6.07) is 13.6. The Hall–Kier alpha value is -2.24. The first kappa shape index (κ1) is 21.0. The van der Waals surface area contributed by atoms with Crippen LogP contribution in [0.15, 0.2) is 42.5 Å². The van der Waals surface area contributed by atoms with Crippen LogP contribution in [0.4, 0.5) is 5.69 Å². The highest BCUT2D eigenvalue weighted by molar-refractivity contribution is 6.31. The highest BCUT2D eigenvalue weighted by Gasteiger charge is 2.41. The van der Waals surface area contributed by atoms with Crippen LogP contribution >= 0.6 is 11.6 Å². The predicted octanol–water partition coefficient (Wildman–Crippen LogP) is 4.16. The molecule has 2 aromatic rings. The molecule has 4 rings (SSSR count). The van der Waals surface area contributed by atoms with Gasteiger partial charge in [-0.3, -0.25) is 4.79 Å². The van der Waals surface area contributed by atoms with Gasteiger partial charge in [0.2, 0.25) is 0 Å². The number of ether oxygens (including phenoxy) is 1. The molecule has 2 fully saturated rings. The number of anilines is 1. The maximum Gasteiger partial charge on any atom is 0.257 e. The Bertz CT molecular complexity index is 890. The second-order valence-corrected chi connectivity index (χ2v) is 8.84. The van der Waals surface area contributed by atoms with Crippen LogP contribution in [0.25, 0.3) is 0 Å². The minimum absolute atomic E-state index is 0.0920. The van der Waals surface area contributed by atoms with Crippen LogP contribution in [-0.4, -0.2) is 62.1 Å². The third-order valence-corrected chi connectivity index (χ3v) is 6.75. The van der Waals surface area contributed by atoms with Crippen molar-refractivity contribution in [3.05, 3.63) is 58.6 Å². The number of benzene rings is 2. The molecule has 0 bridgehead atoms. The number of para-hydroxylation sites is 1. The Morgan fingerprint density at radius 2 is 1.87 bits per heavy atom. The molecule has 0 saturated carbocycles. The molecular weight excluding hydrogens is 398 g/mol. The van der Waals surface area contributed by atoms with E-state index in [2.05, 4.69) is 16.3 Å². The van der Waals surface area contributed by atoms with Crippen molar-refractivity contribution in [2.24, 2.45) is 11.8 Å². The molecule has 30 heavy (non-hydrogen) atoms. The number of fused-ring (bicyclic) bond motifs is 1. The summed E-state index contributed by atoms with van der Waals surface area (Å²) < 4.78 is 5.37. The van der Waals surface area contributed by atoms with Crippen molar-refractivity contribution in [1.82, 2.24) is 9.80 Å². The molecule has 6 heteroatoms. The Balaban J connectivity index is 1.22. The number of nitrogens with zero attached hydrogens (tertiary/aromatic N) is 2. The molecule has 0 aliphatic carbocycles. The Kier molecular flexibility index (Phi) is 6.49. The average Bonchev–Trinajstić information content (AvgIpc) is 3.32. The molecule has 2 aliphatic heterocycles. The Labute approximate surface area is 184 Å². The van der Waals surface area contributed by atoms with E-state index in [9.17, 15) is 4.79 Å². The molecule has 2 atom stereocenters. The highest BCUT2D eigenvalue weighted by Crippen LogP contribution is 2.33. The summed E-state index contributed by atoms with van der Waals surface area (Å²) in [5.41, 5.74) is 2.84. The van der Waals surface area contributed by atoms with Crippen molar-refractivity contribution in [1.29, 1.82) is 0 Å². The van der Waals surface area contributed by atoms with Crippen molar-refractivity contribution >= 4 is 23.2 Å². The molecule has 0 radical (unpaired) electrons. The Morgan fingerprint density at radius 1 is 1.13 bits per heavy atom. The lowest BCUT2D eigenvalue weighted by molar-refractivity contribution is 0.0770. The number of carbonyl (C=O) groups excluding carboxylic acids is 1. The van der Waals surface area contributed by atoms with Gasteiger partial charge in [-0.25, -0.2) is 0 Å². The minimum atomic E-state index is 0.0920. The van der Waals surface area contributed by atoms with Crippen LogP contribution in [0.3, 0.4) is 0 Å². The number of likely N-dealkylation sites (tertiary alicyclic amines) is 2. The van der Waals surface area contributed by atoms with E-state index < -0.39 is 0 Å². The fraction of sp³-hybridized carbons (Fsp3) is 0.458. The second kappa shape index (κ2) is 9.27. The van der Waals surface area contributed by atoms with Crippen LogP contribution in [0, 0.1) is 18.8 Å². The third kappa shape index (κ3) is 4.57. The number of hydrogen-bond acceptors (Lipinski definition) is 4. The summed E-state index contributed by atoms with van der Waals surface area (Å²) in [6.07, 6.45) is 1.09. The number of methoxy groups -OCH3 is 1. The van der Waals surface area contributed by atoms with Crippen LogP contribution in [-0.2, 0) is 0 Å². The molecule has 160 valence electrons. The first-order chi connectivity index (χ1) is 14.5. The lowest BCUT2D eigenvalue weighted by Crippen LogP contribution is -2.34. The zero-order valence-corrected chi connectivity index (χ0v) is 18.5. The van der Waals surface area contributed by atoms with Gasteiger partial charge in [0.15, 0.2) is 0 Å². The molecule has 0 spiro atoms. The third-order valence-electron chi connectivity index (χ3n) is 6.34. The van der Waals surface area contributed by atoms with Crippen molar-refractivity contribution in [2.75, 3.05) is 51.7 Å². The van der Waals surface area contributed by atoms with Gasteiger partial charge in [0.25, 0.3) is 5.91 Å². The van der Waals surface area contributed by atoms with Gasteiger partial charge in [0.1, 0.15) is 5.75 Å². The number of rotatable bonds is 7. The first-order valence-electron chi connectivity index (χ1n) is 10.7. The molecular formula is C24H30ClN3O2. The largest absolute Gasteiger partial charge is 0.496 e. The van der Waals surface area contributed by atoms with Crippen molar-refractivity contribution in [3.8, 4) is 5.75 Å². The van der Waals surface area contributed by atoms with E-state index >= 15 is 0 Å². The summed E-state index contributed by atoms with van der Waals surface area (Å²) in [7, 11) is 1.62. The molecule has 2 unspecified atom stereocenters. The average molecular weight is 428 g/mol.